The molecular formula is C7H15Br2O5P. The Labute approximate surface area is 106 Å². The monoisotopic (exact) mass is 368 g/mol. The van der Waals surface area contributed by atoms with E-state index in [-0.39, 0.29) is 12.3 Å². The molecule has 0 aliphatic rings. The van der Waals surface area contributed by atoms with E-state index in [2.05, 4.69) is 36.4 Å². The lowest BCUT2D eigenvalue weighted by atomic mass is 10.0. The van der Waals surface area contributed by atoms with E-state index in [4.69, 9.17) is 9.79 Å². The normalized spacial score (nSPS) is 16.7. The van der Waals surface area contributed by atoms with Gasteiger partial charge in [-0.25, -0.2) is 4.57 Å². The van der Waals surface area contributed by atoms with E-state index in [0.717, 1.165) is 0 Å². The third kappa shape index (κ3) is 7.85. The van der Waals surface area contributed by atoms with Crippen LogP contribution in [0.15, 0.2) is 0 Å². The van der Waals surface area contributed by atoms with E-state index in [9.17, 15) is 9.67 Å². The van der Waals surface area contributed by atoms with Gasteiger partial charge in [0.1, 0.15) is 0 Å². The molecule has 0 amide bonds. The van der Waals surface area contributed by atoms with Crippen LogP contribution in [0.1, 0.15) is 13.3 Å². The first-order chi connectivity index (χ1) is 6.80. The maximum absolute atomic E-state index is 10.5. The van der Waals surface area contributed by atoms with Crippen molar-refractivity contribution in [2.45, 2.75) is 25.6 Å². The van der Waals surface area contributed by atoms with Crippen LogP contribution in [-0.4, -0.2) is 37.8 Å². The number of hydrogen-bond donors (Lipinski definition) is 3. The standard InChI is InChI=1S/C7H15Br2O5P/c1-5(14-15(11,12)13)2-7(10)6(3-8)4-9/h5-7,10H,2-4H2,1H3,(H2,11,12,13). The molecule has 8 heteroatoms. The lowest BCUT2D eigenvalue weighted by Gasteiger charge is -2.22. The van der Waals surface area contributed by atoms with Crippen LogP contribution in [0.4, 0.5) is 0 Å². The van der Waals surface area contributed by atoms with Crippen molar-refractivity contribution < 1.29 is 24.0 Å². The first-order valence-electron chi connectivity index (χ1n) is 4.34. The molecule has 2 atom stereocenters. The zero-order chi connectivity index (χ0) is 12.1. The number of aliphatic hydroxyl groups excluding tert-OH is 1. The Morgan fingerprint density at radius 1 is 1.33 bits per heavy atom. The Morgan fingerprint density at radius 2 is 1.80 bits per heavy atom. The van der Waals surface area contributed by atoms with Crippen molar-refractivity contribution in [3.8, 4) is 0 Å². The molecule has 0 aliphatic heterocycles. The van der Waals surface area contributed by atoms with Gasteiger partial charge in [-0.3, -0.25) is 4.52 Å². The highest BCUT2D eigenvalue weighted by Crippen LogP contribution is 2.38. The Morgan fingerprint density at radius 3 is 2.13 bits per heavy atom. The van der Waals surface area contributed by atoms with Crippen LogP contribution < -0.4 is 0 Å². The van der Waals surface area contributed by atoms with E-state index in [1.165, 1.54) is 6.92 Å². The minimum atomic E-state index is -4.46. The van der Waals surface area contributed by atoms with Gasteiger partial charge in [0, 0.05) is 23.0 Å². The van der Waals surface area contributed by atoms with Crippen LogP contribution in [0.5, 0.6) is 0 Å². The topological polar surface area (TPSA) is 87.0 Å². The molecule has 0 saturated carbocycles. The smallest absolute Gasteiger partial charge is 0.393 e. The Balaban J connectivity index is 4.05. The summed E-state index contributed by atoms with van der Waals surface area (Å²) >= 11 is 6.49. The number of phosphoric acid groups is 1. The average molecular weight is 370 g/mol. The van der Waals surface area contributed by atoms with Gasteiger partial charge in [-0.15, -0.1) is 0 Å². The summed E-state index contributed by atoms with van der Waals surface area (Å²) in [6, 6.07) is 0. The minimum absolute atomic E-state index is 0.00665. The average Bonchev–Trinajstić information content (AvgIpc) is 2.02. The molecule has 92 valence electrons. The molecule has 0 aromatic carbocycles. The van der Waals surface area contributed by atoms with Gasteiger partial charge in [0.2, 0.25) is 0 Å². The van der Waals surface area contributed by atoms with Crippen LogP contribution in [0.2, 0.25) is 0 Å². The number of aliphatic hydroxyl groups is 1. The fourth-order valence-electron chi connectivity index (χ4n) is 1.06. The SMILES string of the molecule is CC(CC(O)C(CBr)CBr)OP(=O)(O)O. The summed E-state index contributed by atoms with van der Waals surface area (Å²) in [7, 11) is -4.46. The fourth-order valence-corrected chi connectivity index (χ4v) is 3.55. The number of alkyl halides is 2. The van der Waals surface area contributed by atoms with Gasteiger partial charge in [0.25, 0.3) is 0 Å². The molecule has 15 heavy (non-hydrogen) atoms. The first-order valence-corrected chi connectivity index (χ1v) is 8.11. The molecule has 0 aliphatic carbocycles. The van der Waals surface area contributed by atoms with Crippen LogP contribution >= 0.6 is 39.7 Å². The lowest BCUT2D eigenvalue weighted by molar-refractivity contribution is 0.0596. The summed E-state index contributed by atoms with van der Waals surface area (Å²) in [4.78, 5) is 17.1. The lowest BCUT2D eigenvalue weighted by Crippen LogP contribution is -2.27. The molecule has 3 N–H and O–H groups in total. The molecule has 2 unspecified atom stereocenters. The summed E-state index contributed by atoms with van der Waals surface area (Å²) in [6.07, 6.45) is -1.15. The Bertz CT molecular complexity index is 217. The molecule has 5 nitrogen and oxygen atoms in total. The predicted molar refractivity (Wildman–Crippen MR) is 64.3 cm³/mol. The molecule has 0 aromatic rings. The van der Waals surface area contributed by atoms with Crippen molar-refractivity contribution >= 4 is 39.7 Å². The predicted octanol–water partition coefficient (Wildman–Crippen LogP) is 1.64. The maximum Gasteiger partial charge on any atom is 0.469 e. The first kappa shape index (κ1) is 16.0. The highest BCUT2D eigenvalue weighted by molar-refractivity contribution is 9.09. The molecule has 0 saturated heterocycles. The van der Waals surface area contributed by atoms with Crippen molar-refractivity contribution in [3.63, 3.8) is 0 Å². The van der Waals surface area contributed by atoms with Crippen molar-refractivity contribution in [3.05, 3.63) is 0 Å². The molecule has 0 radical (unpaired) electrons. The van der Waals surface area contributed by atoms with E-state index in [1.807, 2.05) is 0 Å². The fraction of sp³-hybridized carbons (Fsp3) is 1.00. The number of rotatable bonds is 7. The van der Waals surface area contributed by atoms with E-state index in [1.54, 1.807) is 0 Å². The molecule has 0 rings (SSSR count). The van der Waals surface area contributed by atoms with E-state index < -0.39 is 20.0 Å². The molecular weight excluding hydrogens is 355 g/mol. The van der Waals surface area contributed by atoms with Gasteiger partial charge in [-0.2, -0.15) is 0 Å². The van der Waals surface area contributed by atoms with Gasteiger partial charge in [0.15, 0.2) is 0 Å². The van der Waals surface area contributed by atoms with Gasteiger partial charge in [-0.05, 0) is 6.92 Å². The summed E-state index contributed by atoms with van der Waals surface area (Å²) in [5.74, 6) is -0.00665. The van der Waals surface area contributed by atoms with Crippen molar-refractivity contribution in [1.82, 2.24) is 0 Å². The highest BCUT2D eigenvalue weighted by atomic mass is 79.9. The van der Waals surface area contributed by atoms with Crippen LogP contribution in [0.25, 0.3) is 0 Å². The van der Waals surface area contributed by atoms with Crippen LogP contribution in [0.3, 0.4) is 0 Å². The van der Waals surface area contributed by atoms with Crippen molar-refractivity contribution in [2.75, 3.05) is 10.7 Å². The Hall–Kier alpha value is 1.03. The van der Waals surface area contributed by atoms with Gasteiger partial charge in [-0.1, -0.05) is 31.9 Å². The molecule has 0 heterocycles. The van der Waals surface area contributed by atoms with E-state index in [0.29, 0.717) is 10.7 Å². The zero-order valence-electron chi connectivity index (χ0n) is 8.21. The molecule has 0 spiro atoms. The quantitative estimate of drug-likeness (QED) is 0.469. The van der Waals surface area contributed by atoms with Gasteiger partial charge >= 0.3 is 7.82 Å². The summed E-state index contributed by atoms with van der Waals surface area (Å²) in [5.41, 5.74) is 0. The third-order valence-electron chi connectivity index (χ3n) is 1.83. The van der Waals surface area contributed by atoms with Gasteiger partial charge in [0.05, 0.1) is 12.2 Å². The second-order valence-electron chi connectivity index (χ2n) is 3.28. The van der Waals surface area contributed by atoms with Crippen LogP contribution in [0, 0.1) is 5.92 Å². The molecule has 0 bridgehead atoms. The van der Waals surface area contributed by atoms with Crippen LogP contribution in [-0.2, 0) is 9.09 Å². The second kappa shape index (κ2) is 7.37. The minimum Gasteiger partial charge on any atom is -0.393 e. The maximum atomic E-state index is 10.5. The van der Waals surface area contributed by atoms with Crippen molar-refractivity contribution in [2.24, 2.45) is 5.92 Å². The summed E-state index contributed by atoms with van der Waals surface area (Å²) < 4.78 is 14.9. The zero-order valence-corrected chi connectivity index (χ0v) is 12.3. The highest BCUT2D eigenvalue weighted by Gasteiger charge is 2.24. The largest absolute Gasteiger partial charge is 0.469 e. The third-order valence-corrected chi connectivity index (χ3v) is 4.13. The number of halogens is 2. The number of phosphoric ester groups is 1. The molecule has 0 fully saturated rings. The van der Waals surface area contributed by atoms with E-state index >= 15 is 0 Å². The second-order valence-corrected chi connectivity index (χ2v) is 5.77. The molecule has 0 aromatic heterocycles. The summed E-state index contributed by atoms with van der Waals surface area (Å²) in [5, 5.41) is 10.9. The Kier molecular flexibility index (Phi) is 7.88. The summed E-state index contributed by atoms with van der Waals surface area (Å²) in [6.45, 7) is 1.52. The number of hydrogen-bond acceptors (Lipinski definition) is 3. The van der Waals surface area contributed by atoms with Crippen molar-refractivity contribution in [1.29, 1.82) is 0 Å². The van der Waals surface area contributed by atoms with Gasteiger partial charge < -0.3 is 14.9 Å².